The first-order chi connectivity index (χ1) is 14.7. The molecule has 0 bridgehead atoms. The molecular formula is C26H22O4. The Hall–Kier alpha value is -3.40. The average molecular weight is 398 g/mol. The summed E-state index contributed by atoms with van der Waals surface area (Å²) in [5.41, 5.74) is 0.908. The summed E-state index contributed by atoms with van der Waals surface area (Å²) in [6.45, 7) is 5.13. The quantitative estimate of drug-likeness (QED) is 0.239. The lowest BCUT2D eigenvalue weighted by Gasteiger charge is -2.14. The molecule has 0 aliphatic carbocycles. The third-order valence-corrected chi connectivity index (χ3v) is 5.94. The van der Waals surface area contributed by atoms with Crippen LogP contribution in [-0.4, -0.2) is 13.4 Å². The molecule has 0 unspecified atom stereocenters. The van der Waals surface area contributed by atoms with Crippen LogP contribution in [0.3, 0.4) is 0 Å². The van der Waals surface area contributed by atoms with Crippen molar-refractivity contribution < 1.29 is 18.6 Å². The van der Waals surface area contributed by atoms with Gasteiger partial charge in [0.15, 0.2) is 11.5 Å². The van der Waals surface area contributed by atoms with Crippen molar-refractivity contribution in [3.05, 3.63) is 54.3 Å². The molecule has 0 fully saturated rings. The van der Waals surface area contributed by atoms with E-state index in [9.17, 15) is 0 Å². The van der Waals surface area contributed by atoms with Gasteiger partial charge in [0, 0.05) is 16.2 Å². The molecule has 0 atom stereocenters. The van der Waals surface area contributed by atoms with Crippen LogP contribution in [0.5, 0.6) is 17.2 Å². The zero-order valence-electron chi connectivity index (χ0n) is 17.1. The molecule has 1 aliphatic heterocycles. The fourth-order valence-electron chi connectivity index (χ4n) is 4.53. The lowest BCUT2D eigenvalue weighted by atomic mass is 9.93. The number of aryl methyl sites for hydroxylation is 1. The fourth-order valence-corrected chi connectivity index (χ4v) is 4.53. The largest absolute Gasteiger partial charge is 0.493 e. The minimum atomic E-state index is 0.255. The van der Waals surface area contributed by atoms with Crippen molar-refractivity contribution >= 4 is 43.3 Å². The second-order valence-electron chi connectivity index (χ2n) is 7.90. The molecule has 4 heteroatoms. The van der Waals surface area contributed by atoms with E-state index in [0.717, 1.165) is 79.1 Å². The van der Waals surface area contributed by atoms with E-state index in [2.05, 4.69) is 55.5 Å². The Bertz CT molecular complexity index is 1440. The lowest BCUT2D eigenvalue weighted by molar-refractivity contribution is 0.174. The summed E-state index contributed by atoms with van der Waals surface area (Å²) >= 11 is 0. The van der Waals surface area contributed by atoms with Gasteiger partial charge < -0.3 is 18.6 Å². The first-order valence-corrected chi connectivity index (χ1v) is 10.5. The van der Waals surface area contributed by atoms with E-state index in [0.29, 0.717) is 6.61 Å². The molecule has 0 spiro atoms. The maximum atomic E-state index is 6.24. The van der Waals surface area contributed by atoms with E-state index in [4.69, 9.17) is 18.6 Å². The molecule has 150 valence electrons. The van der Waals surface area contributed by atoms with Crippen LogP contribution in [0.1, 0.15) is 25.5 Å². The molecule has 6 rings (SSSR count). The van der Waals surface area contributed by atoms with E-state index >= 15 is 0 Å². The molecule has 5 aromatic rings. The van der Waals surface area contributed by atoms with Gasteiger partial charge in [-0.05, 0) is 59.2 Å². The van der Waals surface area contributed by atoms with Gasteiger partial charge in [-0.1, -0.05) is 37.6 Å². The predicted molar refractivity (Wildman–Crippen MR) is 120 cm³/mol. The van der Waals surface area contributed by atoms with E-state index < -0.39 is 0 Å². The molecule has 0 N–H and O–H groups in total. The highest BCUT2D eigenvalue weighted by molar-refractivity contribution is 6.31. The summed E-state index contributed by atoms with van der Waals surface area (Å²) in [6, 6.07) is 16.8. The van der Waals surface area contributed by atoms with Gasteiger partial charge in [0.25, 0.3) is 0 Å². The number of ether oxygens (including phenoxy) is 3. The van der Waals surface area contributed by atoms with Crippen molar-refractivity contribution in [2.24, 2.45) is 0 Å². The number of unbranched alkanes of at least 4 members (excludes halogenated alkanes) is 1. The average Bonchev–Trinajstić information content (AvgIpc) is 3.38. The van der Waals surface area contributed by atoms with Crippen molar-refractivity contribution in [3.8, 4) is 17.2 Å². The van der Waals surface area contributed by atoms with Gasteiger partial charge in [0.05, 0.1) is 6.61 Å². The van der Waals surface area contributed by atoms with Crippen LogP contribution in [0, 0.1) is 6.92 Å². The maximum Gasteiger partial charge on any atom is 0.231 e. The summed E-state index contributed by atoms with van der Waals surface area (Å²) in [7, 11) is 0. The molecule has 1 aromatic heterocycles. The van der Waals surface area contributed by atoms with Gasteiger partial charge in [-0.15, -0.1) is 0 Å². The van der Waals surface area contributed by atoms with Gasteiger partial charge >= 0.3 is 0 Å². The summed E-state index contributed by atoms with van der Waals surface area (Å²) in [6.07, 6.45) is 2.13. The Morgan fingerprint density at radius 3 is 2.33 bits per heavy atom. The zero-order chi connectivity index (χ0) is 20.2. The van der Waals surface area contributed by atoms with Crippen molar-refractivity contribution in [1.82, 2.24) is 0 Å². The zero-order valence-corrected chi connectivity index (χ0v) is 17.1. The SMILES string of the molecule is CCCCOc1cc2c3cc4c(cc3c3cc(C)oc3c2c2ccccc12)OCO4. The smallest absolute Gasteiger partial charge is 0.231 e. The topological polar surface area (TPSA) is 40.8 Å². The third-order valence-electron chi connectivity index (χ3n) is 5.94. The van der Waals surface area contributed by atoms with Gasteiger partial charge in [-0.2, -0.15) is 0 Å². The van der Waals surface area contributed by atoms with Gasteiger partial charge in [0.1, 0.15) is 17.1 Å². The Morgan fingerprint density at radius 2 is 1.57 bits per heavy atom. The fraction of sp³-hybridized carbons (Fsp3) is 0.231. The second-order valence-corrected chi connectivity index (χ2v) is 7.90. The number of benzene rings is 4. The van der Waals surface area contributed by atoms with Crippen LogP contribution in [0.15, 0.2) is 52.9 Å². The van der Waals surface area contributed by atoms with Gasteiger partial charge in [0.2, 0.25) is 6.79 Å². The lowest BCUT2D eigenvalue weighted by Crippen LogP contribution is -1.97. The molecule has 4 nitrogen and oxygen atoms in total. The van der Waals surface area contributed by atoms with Crippen LogP contribution in [-0.2, 0) is 0 Å². The van der Waals surface area contributed by atoms with Crippen molar-refractivity contribution in [2.45, 2.75) is 26.7 Å². The Labute approximate surface area is 173 Å². The maximum absolute atomic E-state index is 6.24. The van der Waals surface area contributed by atoms with Crippen LogP contribution < -0.4 is 14.2 Å². The highest BCUT2D eigenvalue weighted by Crippen LogP contribution is 2.46. The van der Waals surface area contributed by atoms with Crippen molar-refractivity contribution in [2.75, 3.05) is 13.4 Å². The molecule has 1 aliphatic rings. The van der Waals surface area contributed by atoms with Crippen molar-refractivity contribution in [3.63, 3.8) is 0 Å². The molecule has 0 saturated heterocycles. The first kappa shape index (κ1) is 17.5. The molecule has 30 heavy (non-hydrogen) atoms. The number of hydrogen-bond acceptors (Lipinski definition) is 4. The Kier molecular flexibility index (Phi) is 3.82. The minimum absolute atomic E-state index is 0.255. The number of fused-ring (bicyclic) bond motifs is 9. The molecule has 4 aromatic carbocycles. The number of furan rings is 1. The van der Waals surface area contributed by atoms with Gasteiger partial charge in [-0.3, -0.25) is 0 Å². The van der Waals surface area contributed by atoms with Crippen LogP contribution in [0.25, 0.3) is 43.3 Å². The van der Waals surface area contributed by atoms with Gasteiger partial charge in [-0.25, -0.2) is 0 Å². The third kappa shape index (κ3) is 2.46. The summed E-state index contributed by atoms with van der Waals surface area (Å²) in [5.74, 6) is 3.36. The number of hydrogen-bond donors (Lipinski definition) is 0. The van der Waals surface area contributed by atoms with E-state index in [1.807, 2.05) is 6.92 Å². The van der Waals surface area contributed by atoms with E-state index in [1.165, 1.54) is 0 Å². The van der Waals surface area contributed by atoms with Crippen LogP contribution >= 0.6 is 0 Å². The van der Waals surface area contributed by atoms with Crippen molar-refractivity contribution in [1.29, 1.82) is 0 Å². The van der Waals surface area contributed by atoms with E-state index in [1.54, 1.807) is 0 Å². The highest BCUT2D eigenvalue weighted by Gasteiger charge is 2.21. The monoisotopic (exact) mass is 398 g/mol. The second kappa shape index (κ2) is 6.56. The first-order valence-electron chi connectivity index (χ1n) is 10.5. The molecule has 2 heterocycles. The molecule has 0 saturated carbocycles. The standard InChI is InChI=1S/C26H22O4/c1-3-4-9-27-22-13-20-18-11-23-24(29-14-28-23)12-19(18)21-10-15(2)30-26(21)25(20)17-8-6-5-7-16(17)22/h5-8,10-13H,3-4,9,14H2,1-2H3. The van der Waals surface area contributed by atoms with E-state index in [-0.39, 0.29) is 6.79 Å². The number of rotatable bonds is 4. The Morgan fingerprint density at radius 1 is 0.833 bits per heavy atom. The summed E-state index contributed by atoms with van der Waals surface area (Å²) in [5, 5.41) is 7.79. The summed E-state index contributed by atoms with van der Waals surface area (Å²) < 4.78 is 23.8. The summed E-state index contributed by atoms with van der Waals surface area (Å²) in [4.78, 5) is 0. The van der Waals surface area contributed by atoms with Crippen LogP contribution in [0.2, 0.25) is 0 Å². The predicted octanol–water partition coefficient (Wildman–Crippen LogP) is 7.11. The normalized spacial score (nSPS) is 13.1. The Balaban J connectivity index is 1.80. The highest BCUT2D eigenvalue weighted by atomic mass is 16.7. The van der Waals surface area contributed by atoms with Crippen LogP contribution in [0.4, 0.5) is 0 Å². The molecule has 0 radical (unpaired) electrons. The minimum Gasteiger partial charge on any atom is -0.493 e. The molecular weight excluding hydrogens is 376 g/mol. The molecule has 0 amide bonds.